The molecule has 2 aromatic heterocycles. The zero-order chi connectivity index (χ0) is 9.97. The number of carbonyl (C=O) groups excluding carboxylic acids is 1. The van der Waals surface area contributed by atoms with Gasteiger partial charge in [-0.05, 0) is 11.4 Å². The standard InChI is InChI=1S/C9H7N3OS/c10-9(13)8-7(11-3-4-12-8)6-2-1-5-14-6/h1-5H,(H2,10,13). The topological polar surface area (TPSA) is 68.9 Å². The van der Waals surface area contributed by atoms with Crippen LogP contribution in [0, 0.1) is 0 Å². The van der Waals surface area contributed by atoms with Crippen molar-refractivity contribution in [3.05, 3.63) is 35.6 Å². The maximum atomic E-state index is 11.0. The first-order valence-electron chi connectivity index (χ1n) is 3.93. The van der Waals surface area contributed by atoms with Crippen LogP contribution in [0.3, 0.4) is 0 Å². The summed E-state index contributed by atoms with van der Waals surface area (Å²) in [6.07, 6.45) is 3.00. The van der Waals surface area contributed by atoms with E-state index in [1.807, 2.05) is 17.5 Å². The highest BCUT2D eigenvalue weighted by Gasteiger charge is 2.12. The molecule has 2 rings (SSSR count). The lowest BCUT2D eigenvalue weighted by atomic mass is 10.2. The highest BCUT2D eigenvalue weighted by Crippen LogP contribution is 2.24. The van der Waals surface area contributed by atoms with Gasteiger partial charge in [-0.25, -0.2) is 4.98 Å². The van der Waals surface area contributed by atoms with E-state index in [4.69, 9.17) is 5.73 Å². The number of primary amides is 1. The minimum Gasteiger partial charge on any atom is -0.364 e. The fourth-order valence-electron chi connectivity index (χ4n) is 1.11. The number of rotatable bonds is 2. The summed E-state index contributed by atoms with van der Waals surface area (Å²) in [4.78, 5) is 19.9. The van der Waals surface area contributed by atoms with Crippen LogP contribution >= 0.6 is 11.3 Å². The highest BCUT2D eigenvalue weighted by molar-refractivity contribution is 7.13. The number of nitrogens with two attached hydrogens (primary N) is 1. The predicted molar refractivity (Wildman–Crippen MR) is 53.9 cm³/mol. The van der Waals surface area contributed by atoms with Crippen molar-refractivity contribution in [3.63, 3.8) is 0 Å². The largest absolute Gasteiger partial charge is 0.364 e. The zero-order valence-electron chi connectivity index (χ0n) is 7.18. The lowest BCUT2D eigenvalue weighted by Gasteiger charge is -2.00. The van der Waals surface area contributed by atoms with Crippen molar-refractivity contribution >= 4 is 17.2 Å². The Labute approximate surface area is 84.4 Å². The molecule has 2 heterocycles. The number of aromatic nitrogens is 2. The summed E-state index contributed by atoms with van der Waals surface area (Å²) in [5.74, 6) is -0.554. The lowest BCUT2D eigenvalue weighted by molar-refractivity contribution is 0.0996. The van der Waals surface area contributed by atoms with Gasteiger partial charge in [0.25, 0.3) is 5.91 Å². The van der Waals surface area contributed by atoms with E-state index in [9.17, 15) is 4.79 Å². The molecule has 0 aliphatic rings. The van der Waals surface area contributed by atoms with E-state index in [2.05, 4.69) is 9.97 Å². The van der Waals surface area contributed by atoms with Gasteiger partial charge >= 0.3 is 0 Å². The summed E-state index contributed by atoms with van der Waals surface area (Å²) in [6.45, 7) is 0. The molecule has 0 aliphatic heterocycles. The van der Waals surface area contributed by atoms with Gasteiger partial charge in [0.1, 0.15) is 5.69 Å². The first-order chi connectivity index (χ1) is 6.79. The van der Waals surface area contributed by atoms with Crippen molar-refractivity contribution in [3.8, 4) is 10.6 Å². The molecule has 2 aromatic rings. The molecule has 1 amide bonds. The summed E-state index contributed by atoms with van der Waals surface area (Å²) in [5.41, 5.74) is 5.95. The number of thiophene rings is 1. The molecule has 2 N–H and O–H groups in total. The Morgan fingerprint density at radius 1 is 1.36 bits per heavy atom. The molecule has 0 bridgehead atoms. The maximum absolute atomic E-state index is 11.0. The van der Waals surface area contributed by atoms with Crippen molar-refractivity contribution in [2.75, 3.05) is 0 Å². The Hall–Kier alpha value is -1.75. The molecule has 0 unspecified atom stereocenters. The van der Waals surface area contributed by atoms with Crippen LogP contribution in [0.1, 0.15) is 10.5 Å². The van der Waals surface area contributed by atoms with Crippen LogP contribution in [0.5, 0.6) is 0 Å². The van der Waals surface area contributed by atoms with Gasteiger partial charge < -0.3 is 5.73 Å². The Bertz CT molecular complexity index is 453. The van der Waals surface area contributed by atoms with Crippen molar-refractivity contribution in [1.82, 2.24) is 9.97 Å². The second-order valence-corrected chi connectivity index (χ2v) is 3.54. The molecule has 0 radical (unpaired) electrons. The van der Waals surface area contributed by atoms with E-state index in [1.165, 1.54) is 17.5 Å². The quantitative estimate of drug-likeness (QED) is 0.803. The summed E-state index contributed by atoms with van der Waals surface area (Å²) >= 11 is 1.50. The third-order valence-corrected chi connectivity index (χ3v) is 2.56. The fraction of sp³-hybridized carbons (Fsp3) is 0. The first kappa shape index (κ1) is 8.83. The van der Waals surface area contributed by atoms with Crippen LogP contribution in [0.2, 0.25) is 0 Å². The van der Waals surface area contributed by atoms with Gasteiger partial charge in [-0.1, -0.05) is 6.07 Å². The second-order valence-electron chi connectivity index (χ2n) is 2.60. The van der Waals surface area contributed by atoms with Crippen LogP contribution < -0.4 is 5.73 Å². The average molecular weight is 205 g/mol. The van der Waals surface area contributed by atoms with E-state index >= 15 is 0 Å². The number of hydrogen-bond acceptors (Lipinski definition) is 4. The fourth-order valence-corrected chi connectivity index (χ4v) is 1.83. The summed E-state index contributed by atoms with van der Waals surface area (Å²) in [5, 5.41) is 1.91. The SMILES string of the molecule is NC(=O)c1nccnc1-c1cccs1. The Morgan fingerprint density at radius 2 is 2.14 bits per heavy atom. The molecule has 0 spiro atoms. The molecule has 5 heteroatoms. The highest BCUT2D eigenvalue weighted by atomic mass is 32.1. The lowest BCUT2D eigenvalue weighted by Crippen LogP contribution is -2.14. The van der Waals surface area contributed by atoms with Gasteiger partial charge in [-0.2, -0.15) is 0 Å². The van der Waals surface area contributed by atoms with Crippen LogP contribution in [-0.4, -0.2) is 15.9 Å². The normalized spacial score (nSPS) is 10.0. The van der Waals surface area contributed by atoms with Crippen molar-refractivity contribution in [1.29, 1.82) is 0 Å². The summed E-state index contributed by atoms with van der Waals surface area (Å²) in [6, 6.07) is 3.76. The molecular formula is C9H7N3OS. The van der Waals surface area contributed by atoms with Gasteiger partial charge in [0.05, 0.1) is 4.88 Å². The van der Waals surface area contributed by atoms with Crippen LogP contribution in [0.4, 0.5) is 0 Å². The molecule has 0 fully saturated rings. The zero-order valence-corrected chi connectivity index (χ0v) is 7.99. The Balaban J connectivity index is 2.58. The second kappa shape index (κ2) is 3.55. The van der Waals surface area contributed by atoms with Gasteiger partial charge in [0, 0.05) is 12.4 Å². The van der Waals surface area contributed by atoms with Crippen LogP contribution in [-0.2, 0) is 0 Å². The number of carbonyl (C=O) groups is 1. The third kappa shape index (κ3) is 1.49. The molecule has 0 aromatic carbocycles. The first-order valence-corrected chi connectivity index (χ1v) is 4.81. The molecule has 14 heavy (non-hydrogen) atoms. The smallest absolute Gasteiger partial charge is 0.269 e. The molecule has 0 saturated carbocycles. The molecular weight excluding hydrogens is 198 g/mol. The van der Waals surface area contributed by atoms with Crippen LogP contribution in [0.15, 0.2) is 29.9 Å². The Kier molecular flexibility index (Phi) is 2.24. The van der Waals surface area contributed by atoms with E-state index in [-0.39, 0.29) is 5.69 Å². The minimum absolute atomic E-state index is 0.218. The van der Waals surface area contributed by atoms with Gasteiger partial charge in [-0.3, -0.25) is 9.78 Å². The van der Waals surface area contributed by atoms with E-state index in [1.54, 1.807) is 6.20 Å². The minimum atomic E-state index is -0.554. The summed E-state index contributed by atoms with van der Waals surface area (Å²) < 4.78 is 0. The molecule has 70 valence electrons. The number of nitrogens with zero attached hydrogens (tertiary/aromatic N) is 2. The maximum Gasteiger partial charge on any atom is 0.269 e. The Morgan fingerprint density at radius 3 is 2.79 bits per heavy atom. The third-order valence-electron chi connectivity index (χ3n) is 1.69. The van der Waals surface area contributed by atoms with Gasteiger partial charge in [0.15, 0.2) is 5.69 Å². The number of hydrogen-bond donors (Lipinski definition) is 1. The van der Waals surface area contributed by atoms with Crippen molar-refractivity contribution in [2.45, 2.75) is 0 Å². The predicted octanol–water partition coefficient (Wildman–Crippen LogP) is 1.30. The summed E-state index contributed by atoms with van der Waals surface area (Å²) in [7, 11) is 0. The van der Waals surface area contributed by atoms with Gasteiger partial charge in [0.2, 0.25) is 0 Å². The number of amides is 1. The molecule has 0 saturated heterocycles. The van der Waals surface area contributed by atoms with Crippen molar-refractivity contribution < 1.29 is 4.79 Å². The monoisotopic (exact) mass is 205 g/mol. The van der Waals surface area contributed by atoms with Crippen molar-refractivity contribution in [2.24, 2.45) is 5.73 Å². The van der Waals surface area contributed by atoms with E-state index in [0.717, 1.165) is 4.88 Å². The molecule has 0 atom stereocenters. The van der Waals surface area contributed by atoms with Crippen LogP contribution in [0.25, 0.3) is 10.6 Å². The van der Waals surface area contributed by atoms with E-state index in [0.29, 0.717) is 5.69 Å². The molecule has 0 aliphatic carbocycles. The van der Waals surface area contributed by atoms with Gasteiger partial charge in [-0.15, -0.1) is 11.3 Å². The molecule has 4 nitrogen and oxygen atoms in total. The average Bonchev–Trinajstić information content (AvgIpc) is 2.70. The van der Waals surface area contributed by atoms with E-state index < -0.39 is 5.91 Å².